The molecule has 0 radical (unpaired) electrons. The van der Waals surface area contributed by atoms with E-state index in [0.717, 1.165) is 23.6 Å². The summed E-state index contributed by atoms with van der Waals surface area (Å²) in [6.07, 6.45) is 1.03. The third kappa shape index (κ3) is 1.97. The smallest absolute Gasteiger partial charge is 0.0455 e. The van der Waals surface area contributed by atoms with Crippen molar-refractivity contribution in [2.24, 2.45) is 5.73 Å². The molecule has 0 aliphatic carbocycles. The monoisotopic (exact) mass is 224 g/mol. The normalized spacial score (nSPS) is 20.9. The highest BCUT2D eigenvalue weighted by atomic mass is 35.5. The van der Waals surface area contributed by atoms with Gasteiger partial charge in [0.05, 0.1) is 0 Å². The van der Waals surface area contributed by atoms with E-state index in [1.165, 1.54) is 11.3 Å². The molecule has 0 amide bonds. The summed E-state index contributed by atoms with van der Waals surface area (Å²) >= 11 is 6.08. The van der Waals surface area contributed by atoms with Crippen molar-refractivity contribution < 1.29 is 0 Å². The molecule has 0 fully saturated rings. The fourth-order valence-electron chi connectivity index (χ4n) is 2.28. The van der Waals surface area contributed by atoms with Gasteiger partial charge in [-0.3, -0.25) is 0 Å². The van der Waals surface area contributed by atoms with E-state index in [-0.39, 0.29) is 6.04 Å². The number of nitrogens with two attached hydrogens (primary N) is 1. The van der Waals surface area contributed by atoms with E-state index in [1.807, 2.05) is 6.07 Å². The summed E-state index contributed by atoms with van der Waals surface area (Å²) in [7, 11) is 0. The van der Waals surface area contributed by atoms with Gasteiger partial charge in [0.15, 0.2) is 0 Å². The van der Waals surface area contributed by atoms with Gasteiger partial charge in [-0.1, -0.05) is 17.7 Å². The zero-order valence-corrected chi connectivity index (χ0v) is 9.93. The average Bonchev–Trinajstić information content (AvgIpc) is 2.55. The Kier molecular flexibility index (Phi) is 2.89. The summed E-state index contributed by atoms with van der Waals surface area (Å²) in [5, 5.41) is 4.26. The number of anilines is 1. The van der Waals surface area contributed by atoms with Gasteiger partial charge in [0.1, 0.15) is 0 Å². The van der Waals surface area contributed by atoms with Gasteiger partial charge < -0.3 is 11.1 Å². The molecule has 1 aliphatic rings. The van der Waals surface area contributed by atoms with Gasteiger partial charge >= 0.3 is 0 Å². The van der Waals surface area contributed by atoms with Crippen LogP contribution in [0.1, 0.15) is 30.4 Å². The Bertz CT molecular complexity index is 374. The van der Waals surface area contributed by atoms with E-state index < -0.39 is 0 Å². The van der Waals surface area contributed by atoms with Crippen molar-refractivity contribution >= 4 is 17.3 Å². The molecule has 15 heavy (non-hydrogen) atoms. The van der Waals surface area contributed by atoms with Crippen molar-refractivity contribution in [2.75, 3.05) is 11.9 Å². The first-order valence-electron chi connectivity index (χ1n) is 5.38. The first-order chi connectivity index (χ1) is 7.09. The quantitative estimate of drug-likeness (QED) is 0.811. The highest BCUT2D eigenvalue weighted by molar-refractivity contribution is 6.31. The Morgan fingerprint density at radius 3 is 3.00 bits per heavy atom. The Hall–Kier alpha value is -0.730. The van der Waals surface area contributed by atoms with Crippen molar-refractivity contribution in [3.8, 4) is 0 Å². The van der Waals surface area contributed by atoms with Gasteiger partial charge in [0.2, 0.25) is 0 Å². The molecule has 0 saturated heterocycles. The van der Waals surface area contributed by atoms with Crippen LogP contribution in [-0.4, -0.2) is 12.6 Å². The van der Waals surface area contributed by atoms with Crippen LogP contribution < -0.4 is 11.1 Å². The molecule has 1 aromatic rings. The van der Waals surface area contributed by atoms with Gasteiger partial charge in [0.25, 0.3) is 0 Å². The maximum absolute atomic E-state index is 6.08. The van der Waals surface area contributed by atoms with Crippen molar-refractivity contribution in [1.82, 2.24) is 0 Å². The molecule has 1 heterocycles. The topological polar surface area (TPSA) is 38.0 Å². The number of hydrogen-bond acceptors (Lipinski definition) is 2. The van der Waals surface area contributed by atoms with E-state index in [1.54, 1.807) is 0 Å². The minimum absolute atomic E-state index is 0.249. The second kappa shape index (κ2) is 4.03. The van der Waals surface area contributed by atoms with Crippen molar-refractivity contribution in [1.29, 1.82) is 0 Å². The van der Waals surface area contributed by atoms with Crippen LogP contribution in [0.25, 0.3) is 0 Å². The Morgan fingerprint density at radius 2 is 2.33 bits per heavy atom. The molecule has 3 N–H and O–H groups in total. The van der Waals surface area contributed by atoms with Gasteiger partial charge in [-0.15, -0.1) is 0 Å². The van der Waals surface area contributed by atoms with E-state index in [4.69, 9.17) is 17.3 Å². The first-order valence-corrected chi connectivity index (χ1v) is 5.76. The SMILES string of the molecule is Cc1c(Cl)ccc2c1NCC2CC(C)N. The van der Waals surface area contributed by atoms with Crippen LogP contribution in [-0.2, 0) is 0 Å². The standard InChI is InChI=1S/C12H17ClN2/c1-7(14)5-9-6-15-12-8(2)11(13)4-3-10(9)12/h3-4,7,9,15H,5-6,14H2,1-2H3. The Morgan fingerprint density at radius 1 is 1.60 bits per heavy atom. The largest absolute Gasteiger partial charge is 0.384 e. The van der Waals surface area contributed by atoms with E-state index in [2.05, 4.69) is 25.2 Å². The molecule has 2 rings (SSSR count). The lowest BCUT2D eigenvalue weighted by atomic mass is 9.94. The zero-order valence-electron chi connectivity index (χ0n) is 9.18. The molecule has 3 heteroatoms. The van der Waals surface area contributed by atoms with Crippen molar-refractivity contribution in [3.05, 3.63) is 28.3 Å². The molecule has 2 atom stereocenters. The summed E-state index contributed by atoms with van der Waals surface area (Å²) < 4.78 is 0. The number of halogens is 1. The van der Waals surface area contributed by atoms with Crippen LogP contribution in [0.5, 0.6) is 0 Å². The molecular weight excluding hydrogens is 208 g/mol. The average molecular weight is 225 g/mol. The molecule has 0 aromatic heterocycles. The van der Waals surface area contributed by atoms with E-state index >= 15 is 0 Å². The molecule has 82 valence electrons. The summed E-state index contributed by atoms with van der Waals surface area (Å²) in [5.41, 5.74) is 9.58. The summed E-state index contributed by atoms with van der Waals surface area (Å²) in [6, 6.07) is 4.35. The molecule has 2 nitrogen and oxygen atoms in total. The zero-order chi connectivity index (χ0) is 11.0. The molecule has 1 aliphatic heterocycles. The number of hydrogen-bond donors (Lipinski definition) is 2. The molecule has 0 saturated carbocycles. The van der Waals surface area contributed by atoms with Crippen LogP contribution >= 0.6 is 11.6 Å². The molecule has 0 spiro atoms. The molecule has 2 unspecified atom stereocenters. The van der Waals surface area contributed by atoms with Crippen molar-refractivity contribution in [3.63, 3.8) is 0 Å². The number of benzene rings is 1. The van der Waals surface area contributed by atoms with Crippen LogP contribution in [0.3, 0.4) is 0 Å². The molecule has 1 aromatic carbocycles. The van der Waals surface area contributed by atoms with Gasteiger partial charge in [-0.05, 0) is 37.5 Å². The van der Waals surface area contributed by atoms with Crippen LogP contribution in [0.15, 0.2) is 12.1 Å². The third-order valence-electron chi connectivity index (χ3n) is 3.05. The highest BCUT2D eigenvalue weighted by Gasteiger charge is 2.24. The lowest BCUT2D eigenvalue weighted by Gasteiger charge is -2.13. The number of nitrogens with one attached hydrogen (secondary N) is 1. The van der Waals surface area contributed by atoms with Gasteiger partial charge in [-0.25, -0.2) is 0 Å². The third-order valence-corrected chi connectivity index (χ3v) is 3.46. The predicted octanol–water partition coefficient (Wildman–Crippen LogP) is 2.89. The van der Waals surface area contributed by atoms with Crippen molar-refractivity contribution in [2.45, 2.75) is 32.2 Å². The molecular formula is C12H17ClN2. The number of rotatable bonds is 2. The summed E-state index contributed by atoms with van der Waals surface area (Å²) in [5.74, 6) is 0.538. The van der Waals surface area contributed by atoms with Gasteiger partial charge in [0, 0.05) is 29.2 Å². The Labute approximate surface area is 95.8 Å². The highest BCUT2D eigenvalue weighted by Crippen LogP contribution is 2.38. The molecule has 0 bridgehead atoms. The summed E-state index contributed by atoms with van der Waals surface area (Å²) in [6.45, 7) is 5.10. The van der Waals surface area contributed by atoms with E-state index in [0.29, 0.717) is 5.92 Å². The predicted molar refractivity (Wildman–Crippen MR) is 65.7 cm³/mol. The van der Waals surface area contributed by atoms with Crippen LogP contribution in [0, 0.1) is 6.92 Å². The first kappa shape index (κ1) is 10.8. The second-order valence-corrected chi connectivity index (χ2v) is 4.83. The maximum Gasteiger partial charge on any atom is 0.0455 e. The lowest BCUT2D eigenvalue weighted by Crippen LogP contribution is -2.19. The lowest BCUT2D eigenvalue weighted by molar-refractivity contribution is 0.584. The van der Waals surface area contributed by atoms with E-state index in [9.17, 15) is 0 Å². The number of fused-ring (bicyclic) bond motifs is 1. The minimum atomic E-state index is 0.249. The van der Waals surface area contributed by atoms with Gasteiger partial charge in [-0.2, -0.15) is 0 Å². The summed E-state index contributed by atoms with van der Waals surface area (Å²) in [4.78, 5) is 0. The maximum atomic E-state index is 6.08. The fourth-order valence-corrected chi connectivity index (χ4v) is 2.43. The second-order valence-electron chi connectivity index (χ2n) is 4.43. The van der Waals surface area contributed by atoms with Crippen LogP contribution in [0.2, 0.25) is 5.02 Å². The minimum Gasteiger partial charge on any atom is -0.384 e. The fraction of sp³-hybridized carbons (Fsp3) is 0.500. The van der Waals surface area contributed by atoms with Crippen LogP contribution in [0.4, 0.5) is 5.69 Å². The Balaban J connectivity index is 2.32.